The number of hydrogen-bond acceptors (Lipinski definition) is 5. The standard InChI is InChI=1S/C19H37N7O.HI/c1-7-20-19(21-10-11-25(14(2)3)15(4)5)22-16-8-9-18-23-17(13-27-6)24-26(18)12-16;/h14-16H,7-13H2,1-6H3,(H2,20,21,22);1H. The van der Waals surface area contributed by atoms with Gasteiger partial charge in [0.05, 0.1) is 13.1 Å². The Hall–Kier alpha value is -0.940. The molecule has 0 fully saturated rings. The van der Waals surface area contributed by atoms with E-state index in [9.17, 15) is 0 Å². The zero-order chi connectivity index (χ0) is 19.8. The van der Waals surface area contributed by atoms with E-state index in [0.29, 0.717) is 24.7 Å². The molecule has 0 saturated carbocycles. The lowest BCUT2D eigenvalue weighted by molar-refractivity contribution is 0.177. The molecule has 0 spiro atoms. The van der Waals surface area contributed by atoms with Crippen molar-refractivity contribution in [3.05, 3.63) is 11.6 Å². The van der Waals surface area contributed by atoms with Crippen molar-refractivity contribution in [3.8, 4) is 0 Å². The van der Waals surface area contributed by atoms with Crippen LogP contribution in [0.25, 0.3) is 0 Å². The summed E-state index contributed by atoms with van der Waals surface area (Å²) >= 11 is 0. The van der Waals surface area contributed by atoms with Crippen molar-refractivity contribution in [3.63, 3.8) is 0 Å². The second kappa shape index (κ2) is 12.6. The molecule has 0 bridgehead atoms. The first kappa shape index (κ1) is 25.1. The van der Waals surface area contributed by atoms with Crippen molar-refractivity contribution in [2.24, 2.45) is 4.99 Å². The number of ether oxygens (including phenoxy) is 1. The number of guanidine groups is 1. The number of rotatable bonds is 9. The second-order valence-electron chi connectivity index (χ2n) is 7.63. The fourth-order valence-corrected chi connectivity index (χ4v) is 3.57. The molecule has 0 aliphatic carbocycles. The molecule has 162 valence electrons. The van der Waals surface area contributed by atoms with Crippen LogP contribution in [-0.4, -0.2) is 70.5 Å². The minimum absolute atomic E-state index is 0. The minimum Gasteiger partial charge on any atom is -0.377 e. The first-order valence-corrected chi connectivity index (χ1v) is 10.2. The predicted octanol–water partition coefficient (Wildman–Crippen LogP) is 2.03. The van der Waals surface area contributed by atoms with Gasteiger partial charge in [0, 0.05) is 44.7 Å². The van der Waals surface area contributed by atoms with Crippen LogP contribution in [0.15, 0.2) is 4.99 Å². The highest BCUT2D eigenvalue weighted by atomic mass is 127. The maximum Gasteiger partial charge on any atom is 0.191 e. The zero-order valence-corrected chi connectivity index (χ0v) is 20.6. The van der Waals surface area contributed by atoms with Crippen LogP contribution < -0.4 is 10.6 Å². The molecule has 2 N–H and O–H groups in total. The van der Waals surface area contributed by atoms with Crippen LogP contribution in [0.4, 0.5) is 0 Å². The first-order valence-electron chi connectivity index (χ1n) is 10.2. The van der Waals surface area contributed by atoms with Crippen LogP contribution in [0.1, 0.15) is 52.7 Å². The fraction of sp³-hybridized carbons (Fsp3) is 0.842. The molecule has 0 amide bonds. The Kier molecular flexibility index (Phi) is 11.3. The Balaban J connectivity index is 0.00000392. The van der Waals surface area contributed by atoms with E-state index in [1.165, 1.54) is 0 Å². The summed E-state index contributed by atoms with van der Waals surface area (Å²) in [5, 5.41) is 11.5. The lowest BCUT2D eigenvalue weighted by Crippen LogP contribution is -2.47. The van der Waals surface area contributed by atoms with Crippen LogP contribution in [0.2, 0.25) is 0 Å². The summed E-state index contributed by atoms with van der Waals surface area (Å²) in [5.41, 5.74) is 0. The molecule has 1 aromatic heterocycles. The molecule has 2 heterocycles. The molecule has 1 aromatic rings. The van der Waals surface area contributed by atoms with Crippen molar-refractivity contribution in [1.82, 2.24) is 30.3 Å². The Morgan fingerprint density at radius 3 is 2.64 bits per heavy atom. The van der Waals surface area contributed by atoms with Crippen molar-refractivity contribution >= 4 is 29.9 Å². The largest absolute Gasteiger partial charge is 0.377 e. The maximum atomic E-state index is 5.14. The van der Waals surface area contributed by atoms with E-state index in [1.54, 1.807) is 7.11 Å². The van der Waals surface area contributed by atoms with E-state index in [4.69, 9.17) is 9.73 Å². The Bertz CT molecular complexity index is 595. The summed E-state index contributed by atoms with van der Waals surface area (Å²) < 4.78 is 7.14. The Morgan fingerprint density at radius 2 is 2.04 bits per heavy atom. The van der Waals surface area contributed by atoms with E-state index < -0.39 is 0 Å². The van der Waals surface area contributed by atoms with Gasteiger partial charge in [-0.1, -0.05) is 0 Å². The molecule has 1 atom stereocenters. The lowest BCUT2D eigenvalue weighted by atomic mass is 10.1. The fourth-order valence-electron chi connectivity index (χ4n) is 3.57. The van der Waals surface area contributed by atoms with Crippen LogP contribution in [-0.2, 0) is 24.3 Å². The molecular formula is C19H38IN7O. The van der Waals surface area contributed by atoms with Crippen molar-refractivity contribution in [2.75, 3.05) is 26.7 Å². The molecule has 1 unspecified atom stereocenters. The summed E-state index contributed by atoms with van der Waals surface area (Å²) in [7, 11) is 1.67. The number of halogens is 1. The SMILES string of the molecule is CCNC(=NCCN(C(C)C)C(C)C)NC1CCc2nc(COC)nn2C1.I. The summed E-state index contributed by atoms with van der Waals surface area (Å²) in [4.78, 5) is 11.8. The monoisotopic (exact) mass is 507 g/mol. The van der Waals surface area contributed by atoms with Gasteiger partial charge >= 0.3 is 0 Å². The first-order chi connectivity index (χ1) is 12.9. The van der Waals surface area contributed by atoms with Gasteiger partial charge in [-0.15, -0.1) is 24.0 Å². The van der Waals surface area contributed by atoms with Gasteiger partial charge in [-0.05, 0) is 41.0 Å². The number of fused-ring (bicyclic) bond motifs is 1. The molecular weight excluding hydrogens is 469 g/mol. The Morgan fingerprint density at radius 1 is 1.32 bits per heavy atom. The zero-order valence-electron chi connectivity index (χ0n) is 18.2. The van der Waals surface area contributed by atoms with E-state index >= 15 is 0 Å². The van der Waals surface area contributed by atoms with Gasteiger partial charge in [-0.25, -0.2) is 9.67 Å². The van der Waals surface area contributed by atoms with Gasteiger partial charge in [0.2, 0.25) is 0 Å². The highest BCUT2D eigenvalue weighted by Gasteiger charge is 2.22. The van der Waals surface area contributed by atoms with Gasteiger partial charge in [0.1, 0.15) is 12.4 Å². The number of hydrogen-bond donors (Lipinski definition) is 2. The smallest absolute Gasteiger partial charge is 0.191 e. The molecule has 0 saturated heterocycles. The third-order valence-corrected chi connectivity index (χ3v) is 4.82. The maximum absolute atomic E-state index is 5.14. The second-order valence-corrected chi connectivity index (χ2v) is 7.63. The molecule has 2 rings (SSSR count). The number of aryl methyl sites for hydroxylation is 1. The third-order valence-electron chi connectivity index (χ3n) is 4.82. The Labute approximate surface area is 186 Å². The summed E-state index contributed by atoms with van der Waals surface area (Å²) in [5.74, 6) is 2.69. The highest BCUT2D eigenvalue weighted by Crippen LogP contribution is 2.13. The van der Waals surface area contributed by atoms with Crippen LogP contribution in [0.3, 0.4) is 0 Å². The molecule has 1 aliphatic heterocycles. The van der Waals surface area contributed by atoms with Gasteiger partial charge in [0.15, 0.2) is 11.8 Å². The average molecular weight is 507 g/mol. The van der Waals surface area contributed by atoms with Crippen molar-refractivity contribution in [1.29, 1.82) is 0 Å². The number of aliphatic imine (C=N–C) groups is 1. The van der Waals surface area contributed by atoms with E-state index in [2.05, 4.69) is 60.2 Å². The molecule has 8 nitrogen and oxygen atoms in total. The van der Waals surface area contributed by atoms with Gasteiger partial charge < -0.3 is 15.4 Å². The van der Waals surface area contributed by atoms with Crippen molar-refractivity contribution in [2.45, 2.75) is 78.7 Å². The lowest BCUT2D eigenvalue weighted by Gasteiger charge is -2.30. The quantitative estimate of drug-likeness (QED) is 0.303. The molecule has 9 heteroatoms. The molecule has 0 aromatic carbocycles. The van der Waals surface area contributed by atoms with E-state index in [-0.39, 0.29) is 24.0 Å². The summed E-state index contributed by atoms with van der Waals surface area (Å²) in [6.45, 7) is 14.9. The normalized spacial score (nSPS) is 17.0. The molecule has 0 radical (unpaired) electrons. The van der Waals surface area contributed by atoms with Gasteiger partial charge in [-0.3, -0.25) is 9.89 Å². The van der Waals surface area contributed by atoms with Crippen LogP contribution in [0, 0.1) is 0 Å². The third kappa shape index (κ3) is 7.47. The average Bonchev–Trinajstić information content (AvgIpc) is 3.00. The van der Waals surface area contributed by atoms with Gasteiger partial charge in [0.25, 0.3) is 0 Å². The predicted molar refractivity (Wildman–Crippen MR) is 124 cm³/mol. The number of nitrogens with one attached hydrogen (secondary N) is 2. The summed E-state index contributed by atoms with van der Waals surface area (Å²) in [6.07, 6.45) is 1.95. The minimum atomic E-state index is 0. The van der Waals surface area contributed by atoms with Crippen LogP contribution in [0.5, 0.6) is 0 Å². The number of methoxy groups -OCH3 is 1. The number of nitrogens with zero attached hydrogens (tertiary/aromatic N) is 5. The molecule has 1 aliphatic rings. The number of aromatic nitrogens is 3. The van der Waals surface area contributed by atoms with Gasteiger partial charge in [-0.2, -0.15) is 5.10 Å². The van der Waals surface area contributed by atoms with E-state index in [1.807, 2.05) is 4.68 Å². The summed E-state index contributed by atoms with van der Waals surface area (Å²) in [6, 6.07) is 1.36. The highest BCUT2D eigenvalue weighted by molar-refractivity contribution is 14.0. The van der Waals surface area contributed by atoms with Crippen LogP contribution >= 0.6 is 24.0 Å². The van der Waals surface area contributed by atoms with Crippen molar-refractivity contribution < 1.29 is 4.74 Å². The molecule has 28 heavy (non-hydrogen) atoms. The topological polar surface area (TPSA) is 79.6 Å². The van der Waals surface area contributed by atoms with E-state index in [0.717, 1.165) is 56.6 Å².